The first-order valence-electron chi connectivity index (χ1n) is 11.4. The van der Waals surface area contributed by atoms with Gasteiger partial charge in [0.05, 0.1) is 18.8 Å². The highest BCUT2D eigenvalue weighted by molar-refractivity contribution is 6.00. The third-order valence-electron chi connectivity index (χ3n) is 6.33. The van der Waals surface area contributed by atoms with E-state index in [1.807, 2.05) is 6.07 Å². The summed E-state index contributed by atoms with van der Waals surface area (Å²) < 4.78 is 27.8. The molecular formula is C22H24FN7O4. The number of hydrogen-bond donors (Lipinski definition) is 3. The molecule has 2 atom stereocenters. The van der Waals surface area contributed by atoms with Crippen molar-refractivity contribution in [2.45, 2.75) is 37.5 Å². The fraction of sp³-hybridized carbons (Fsp3) is 0.455. The molecule has 2 fully saturated rings. The van der Waals surface area contributed by atoms with Crippen LogP contribution in [0.3, 0.4) is 0 Å². The number of halogens is 1. The number of ether oxygens (including phenoxy) is 2. The maximum atomic E-state index is 13.3. The molecule has 34 heavy (non-hydrogen) atoms. The van der Waals surface area contributed by atoms with Gasteiger partial charge in [-0.2, -0.15) is 9.61 Å². The molecule has 1 saturated heterocycles. The molecule has 3 aromatic heterocycles. The molecule has 2 aliphatic heterocycles. The zero-order valence-electron chi connectivity index (χ0n) is 18.3. The number of fused-ring (bicyclic) bond motifs is 3. The second kappa shape index (κ2) is 8.28. The van der Waals surface area contributed by atoms with E-state index >= 15 is 0 Å². The van der Waals surface area contributed by atoms with Crippen LogP contribution in [0.5, 0.6) is 5.75 Å². The highest BCUT2D eigenvalue weighted by atomic mass is 19.1. The van der Waals surface area contributed by atoms with Crippen LogP contribution in [0.2, 0.25) is 0 Å². The van der Waals surface area contributed by atoms with Gasteiger partial charge < -0.3 is 30.0 Å². The third-order valence-corrected chi connectivity index (χ3v) is 6.33. The predicted octanol–water partition coefficient (Wildman–Crippen LogP) is 1.63. The van der Waals surface area contributed by atoms with Crippen molar-refractivity contribution in [1.29, 1.82) is 0 Å². The Kier molecular flexibility index (Phi) is 5.09. The van der Waals surface area contributed by atoms with Crippen molar-refractivity contribution in [3.63, 3.8) is 0 Å². The summed E-state index contributed by atoms with van der Waals surface area (Å²) in [5, 5.41) is 13.3. The van der Waals surface area contributed by atoms with E-state index in [9.17, 15) is 14.0 Å². The quantitative estimate of drug-likeness (QED) is 0.515. The van der Waals surface area contributed by atoms with Crippen LogP contribution >= 0.6 is 0 Å². The first-order valence-corrected chi connectivity index (χ1v) is 11.4. The minimum Gasteiger partial charge on any atom is -0.485 e. The van der Waals surface area contributed by atoms with Crippen molar-refractivity contribution >= 4 is 28.9 Å². The molecule has 0 bridgehead atoms. The van der Waals surface area contributed by atoms with Crippen molar-refractivity contribution in [1.82, 2.24) is 24.5 Å². The van der Waals surface area contributed by atoms with E-state index in [4.69, 9.17) is 9.47 Å². The van der Waals surface area contributed by atoms with E-state index < -0.39 is 18.1 Å². The van der Waals surface area contributed by atoms with Gasteiger partial charge in [0.15, 0.2) is 17.3 Å². The van der Waals surface area contributed by atoms with Gasteiger partial charge in [-0.05, 0) is 25.0 Å². The highest BCUT2D eigenvalue weighted by Gasteiger charge is 2.39. The summed E-state index contributed by atoms with van der Waals surface area (Å²) in [6.07, 6.45) is 4.01. The summed E-state index contributed by atoms with van der Waals surface area (Å²) in [6.45, 7) is 2.19. The summed E-state index contributed by atoms with van der Waals surface area (Å²) in [5.74, 6) is 0.770. The number of rotatable bonds is 5. The van der Waals surface area contributed by atoms with Crippen molar-refractivity contribution in [3.05, 3.63) is 40.4 Å². The number of anilines is 3. The van der Waals surface area contributed by atoms with Gasteiger partial charge in [0.2, 0.25) is 5.75 Å². The molecule has 1 saturated carbocycles. The van der Waals surface area contributed by atoms with Gasteiger partial charge >= 0.3 is 0 Å². The van der Waals surface area contributed by atoms with Crippen LogP contribution in [0.4, 0.5) is 21.7 Å². The lowest BCUT2D eigenvalue weighted by Crippen LogP contribution is -2.30. The number of amides is 1. The number of hydrogen-bond acceptors (Lipinski definition) is 8. The molecule has 0 unspecified atom stereocenters. The van der Waals surface area contributed by atoms with Crippen LogP contribution in [0.25, 0.3) is 5.65 Å². The van der Waals surface area contributed by atoms with E-state index in [-0.39, 0.29) is 22.8 Å². The van der Waals surface area contributed by atoms with E-state index in [1.54, 1.807) is 16.8 Å². The van der Waals surface area contributed by atoms with Crippen molar-refractivity contribution in [3.8, 4) is 5.75 Å². The first kappa shape index (κ1) is 20.9. The summed E-state index contributed by atoms with van der Waals surface area (Å²) in [5.41, 5.74) is 0.646. The Morgan fingerprint density at radius 1 is 1.26 bits per heavy atom. The van der Waals surface area contributed by atoms with Crippen LogP contribution in [-0.2, 0) is 4.74 Å². The van der Waals surface area contributed by atoms with Gasteiger partial charge in [-0.3, -0.25) is 9.59 Å². The average molecular weight is 469 g/mol. The van der Waals surface area contributed by atoms with Crippen LogP contribution in [0.15, 0.2) is 29.3 Å². The topological polar surface area (TPSA) is 124 Å². The molecule has 0 radical (unpaired) electrons. The van der Waals surface area contributed by atoms with Gasteiger partial charge in [-0.25, -0.2) is 9.37 Å². The molecule has 1 aliphatic carbocycles. The molecule has 6 rings (SSSR count). The monoisotopic (exact) mass is 469 g/mol. The number of pyridine rings is 1. The van der Waals surface area contributed by atoms with E-state index in [0.29, 0.717) is 55.9 Å². The Balaban J connectivity index is 1.39. The SMILES string of the molecule is O=C(N[C@@H]1C[C@@H]1F)c1cnn2c3c(c(Nc4cccn(C5CCOCC5)c4=O)nc12)OCCN3. The summed E-state index contributed by atoms with van der Waals surface area (Å²) in [4.78, 5) is 30.6. The number of nitrogens with zero attached hydrogens (tertiary/aromatic N) is 4. The molecule has 5 heterocycles. The normalized spacial score (nSPS) is 21.9. The largest absolute Gasteiger partial charge is 0.485 e. The summed E-state index contributed by atoms with van der Waals surface area (Å²) in [7, 11) is 0. The number of carbonyl (C=O) groups is 1. The van der Waals surface area contributed by atoms with Crippen LogP contribution < -0.4 is 26.2 Å². The molecule has 3 N–H and O–H groups in total. The molecule has 1 amide bonds. The second-order valence-electron chi connectivity index (χ2n) is 8.64. The summed E-state index contributed by atoms with van der Waals surface area (Å²) >= 11 is 0. The van der Waals surface area contributed by atoms with Crippen molar-refractivity contribution in [2.24, 2.45) is 0 Å². The van der Waals surface area contributed by atoms with E-state index in [1.165, 1.54) is 10.7 Å². The Morgan fingerprint density at radius 2 is 2.09 bits per heavy atom. The molecule has 12 heteroatoms. The lowest BCUT2D eigenvalue weighted by Gasteiger charge is -2.25. The Bertz CT molecular complexity index is 1320. The Hall–Kier alpha value is -3.67. The summed E-state index contributed by atoms with van der Waals surface area (Å²) in [6, 6.07) is 3.08. The van der Waals surface area contributed by atoms with Gasteiger partial charge in [0.1, 0.15) is 24.0 Å². The molecule has 178 valence electrons. The minimum absolute atomic E-state index is 0.0668. The van der Waals surface area contributed by atoms with E-state index in [0.717, 1.165) is 12.8 Å². The average Bonchev–Trinajstić information content (AvgIpc) is 3.37. The molecule has 0 aromatic carbocycles. The predicted molar refractivity (Wildman–Crippen MR) is 121 cm³/mol. The number of nitrogens with one attached hydrogen (secondary N) is 3. The Morgan fingerprint density at radius 3 is 2.88 bits per heavy atom. The standard InChI is InChI=1S/C22H24FN7O4/c23-14-10-16(14)27-21(31)13-11-25-30-19(13)28-18(17-20(30)24-5-9-34-17)26-15-2-1-6-29(22(15)32)12-3-7-33-8-4-12/h1-2,6,11-12,14,16,24H,3-5,7-10H2,(H,26,28)(H,27,31)/t14-,16+/m0/s1. The smallest absolute Gasteiger partial charge is 0.274 e. The van der Waals surface area contributed by atoms with Crippen LogP contribution in [0, 0.1) is 0 Å². The maximum absolute atomic E-state index is 13.3. The molecule has 0 spiro atoms. The minimum atomic E-state index is -1.02. The molecule has 11 nitrogen and oxygen atoms in total. The van der Waals surface area contributed by atoms with Crippen LogP contribution in [-0.4, -0.2) is 63.7 Å². The second-order valence-corrected chi connectivity index (χ2v) is 8.64. The molecular weight excluding hydrogens is 445 g/mol. The zero-order valence-corrected chi connectivity index (χ0v) is 18.3. The lowest BCUT2D eigenvalue weighted by molar-refractivity contribution is 0.0687. The molecule has 3 aliphatic rings. The number of carbonyl (C=O) groups excluding carboxylic acids is 1. The fourth-order valence-electron chi connectivity index (χ4n) is 4.38. The van der Waals surface area contributed by atoms with Gasteiger partial charge in [0.25, 0.3) is 11.5 Å². The number of alkyl halides is 1. The van der Waals surface area contributed by atoms with Crippen LogP contribution in [0.1, 0.15) is 35.7 Å². The van der Waals surface area contributed by atoms with Gasteiger partial charge in [-0.15, -0.1) is 0 Å². The third kappa shape index (κ3) is 3.63. The van der Waals surface area contributed by atoms with Gasteiger partial charge in [0, 0.05) is 31.9 Å². The number of aromatic nitrogens is 4. The lowest BCUT2D eigenvalue weighted by atomic mass is 10.1. The maximum Gasteiger partial charge on any atom is 0.274 e. The molecule has 3 aromatic rings. The first-order chi connectivity index (χ1) is 16.6. The fourth-order valence-corrected chi connectivity index (χ4v) is 4.38. The van der Waals surface area contributed by atoms with Crippen molar-refractivity contribution in [2.75, 3.05) is 37.0 Å². The Labute approximate surface area is 193 Å². The van der Waals surface area contributed by atoms with Gasteiger partial charge in [-0.1, -0.05) is 0 Å². The van der Waals surface area contributed by atoms with Crippen molar-refractivity contribution < 1.29 is 18.7 Å². The zero-order chi connectivity index (χ0) is 23.2. The van der Waals surface area contributed by atoms with E-state index in [2.05, 4.69) is 26.0 Å². The highest BCUT2D eigenvalue weighted by Crippen LogP contribution is 2.36.